The molecule has 1 fully saturated rings. The van der Waals surface area contributed by atoms with Gasteiger partial charge in [-0.25, -0.2) is 4.79 Å². The molecule has 2 aromatic heterocycles. The fourth-order valence-electron chi connectivity index (χ4n) is 4.29. The van der Waals surface area contributed by atoms with Crippen molar-refractivity contribution in [2.24, 2.45) is 0 Å². The molecule has 168 valence electrons. The summed E-state index contributed by atoms with van der Waals surface area (Å²) in [5, 5.41) is 7.61. The average molecular weight is 454 g/mol. The van der Waals surface area contributed by atoms with Crippen molar-refractivity contribution in [3.63, 3.8) is 0 Å². The number of amides is 3. The van der Waals surface area contributed by atoms with Crippen LogP contribution in [0.15, 0.2) is 48.9 Å². The Hall–Kier alpha value is -3.06. The van der Waals surface area contributed by atoms with E-state index in [1.807, 2.05) is 41.6 Å². The number of piperidine rings is 1. The number of urea groups is 1. The Balaban J connectivity index is 1.40. The number of carbonyl (C=O) groups excluding carboxylic acids is 2. The van der Waals surface area contributed by atoms with Crippen molar-refractivity contribution in [3.05, 3.63) is 59.5 Å². The summed E-state index contributed by atoms with van der Waals surface area (Å²) in [4.78, 5) is 29.6. The van der Waals surface area contributed by atoms with Crippen LogP contribution in [0.25, 0.3) is 16.6 Å². The number of nitrogens with one attached hydrogen (secondary N) is 2. The van der Waals surface area contributed by atoms with Gasteiger partial charge in [0.05, 0.1) is 11.7 Å². The Kier molecular flexibility index (Phi) is 6.95. The molecule has 1 aromatic carbocycles. The molecule has 4 rings (SSSR count). The van der Waals surface area contributed by atoms with Gasteiger partial charge in [-0.1, -0.05) is 11.6 Å². The van der Waals surface area contributed by atoms with Gasteiger partial charge in [0, 0.05) is 61.6 Å². The van der Waals surface area contributed by atoms with Gasteiger partial charge in [0.25, 0.3) is 0 Å². The van der Waals surface area contributed by atoms with Crippen LogP contribution in [0.3, 0.4) is 0 Å². The number of fused-ring (bicyclic) bond motifs is 1. The predicted octanol–water partition coefficient (Wildman–Crippen LogP) is 4.09. The first-order chi connectivity index (χ1) is 15.5. The highest BCUT2D eigenvalue weighted by Crippen LogP contribution is 2.35. The third-order valence-corrected chi connectivity index (χ3v) is 6.22. The molecule has 7 nitrogen and oxygen atoms in total. The van der Waals surface area contributed by atoms with E-state index in [0.717, 1.165) is 43.6 Å². The Labute approximate surface area is 192 Å². The van der Waals surface area contributed by atoms with Crippen LogP contribution >= 0.6 is 11.6 Å². The Morgan fingerprint density at radius 1 is 1.09 bits per heavy atom. The fraction of sp³-hybridized carbons (Fsp3) is 0.375. The van der Waals surface area contributed by atoms with Crippen molar-refractivity contribution >= 4 is 34.4 Å². The van der Waals surface area contributed by atoms with Gasteiger partial charge >= 0.3 is 6.03 Å². The molecule has 0 spiro atoms. The van der Waals surface area contributed by atoms with E-state index in [9.17, 15) is 9.59 Å². The first-order valence-electron chi connectivity index (χ1n) is 11.0. The number of likely N-dealkylation sites (tertiary alicyclic amines) is 1. The molecule has 0 saturated carbocycles. The average Bonchev–Trinajstić information content (AvgIpc) is 3.19. The second-order valence-corrected chi connectivity index (χ2v) is 8.59. The lowest BCUT2D eigenvalue weighted by molar-refractivity contribution is -0.118. The number of pyridine rings is 1. The molecular weight excluding hydrogens is 426 g/mol. The van der Waals surface area contributed by atoms with Crippen LogP contribution in [0.1, 0.15) is 37.7 Å². The Morgan fingerprint density at radius 3 is 2.53 bits per heavy atom. The highest BCUT2D eigenvalue weighted by atomic mass is 35.5. The van der Waals surface area contributed by atoms with E-state index in [-0.39, 0.29) is 11.9 Å². The summed E-state index contributed by atoms with van der Waals surface area (Å²) in [6, 6.07) is 9.86. The third kappa shape index (κ3) is 5.05. The van der Waals surface area contributed by atoms with Gasteiger partial charge in [-0.2, -0.15) is 0 Å². The van der Waals surface area contributed by atoms with Gasteiger partial charge in [0.2, 0.25) is 5.91 Å². The number of aromatic nitrogens is 2. The molecule has 3 amide bonds. The van der Waals surface area contributed by atoms with E-state index >= 15 is 0 Å². The third-order valence-electron chi connectivity index (χ3n) is 5.97. The molecule has 1 aliphatic rings. The van der Waals surface area contributed by atoms with Crippen LogP contribution < -0.4 is 10.6 Å². The molecule has 2 N–H and O–H groups in total. The molecule has 3 aromatic rings. The molecule has 0 radical (unpaired) electrons. The number of hydrogen-bond donors (Lipinski definition) is 2. The van der Waals surface area contributed by atoms with E-state index in [2.05, 4.69) is 32.4 Å². The lowest BCUT2D eigenvalue weighted by Crippen LogP contribution is -2.44. The van der Waals surface area contributed by atoms with Gasteiger partial charge in [0.1, 0.15) is 0 Å². The highest BCUT2D eigenvalue weighted by molar-refractivity contribution is 6.30. The lowest BCUT2D eigenvalue weighted by atomic mass is 9.89. The van der Waals surface area contributed by atoms with E-state index in [1.54, 1.807) is 0 Å². The summed E-state index contributed by atoms with van der Waals surface area (Å²) >= 11 is 6.07. The highest BCUT2D eigenvalue weighted by Gasteiger charge is 2.26. The number of carbonyl (C=O) groups is 2. The normalized spacial score (nSPS) is 14.5. The summed E-state index contributed by atoms with van der Waals surface area (Å²) in [6.07, 6.45) is 8.50. The molecule has 1 saturated heterocycles. The van der Waals surface area contributed by atoms with Crippen LogP contribution in [0.4, 0.5) is 4.79 Å². The molecular formula is C24H28ClN5O2. The van der Waals surface area contributed by atoms with Crippen LogP contribution in [0, 0.1) is 0 Å². The Bertz CT molecular complexity index is 1090. The maximum absolute atomic E-state index is 12.5. The van der Waals surface area contributed by atoms with Gasteiger partial charge in [-0.3, -0.25) is 9.78 Å². The van der Waals surface area contributed by atoms with E-state index in [1.165, 1.54) is 17.9 Å². The van der Waals surface area contributed by atoms with Crippen LogP contribution in [0.5, 0.6) is 0 Å². The Morgan fingerprint density at radius 2 is 1.81 bits per heavy atom. The molecule has 3 heterocycles. The summed E-state index contributed by atoms with van der Waals surface area (Å²) in [7, 11) is 0. The second-order valence-electron chi connectivity index (χ2n) is 8.15. The van der Waals surface area contributed by atoms with Crippen molar-refractivity contribution in [2.45, 2.75) is 32.1 Å². The zero-order valence-corrected chi connectivity index (χ0v) is 18.9. The van der Waals surface area contributed by atoms with Crippen molar-refractivity contribution in [2.75, 3.05) is 26.2 Å². The smallest absolute Gasteiger partial charge is 0.317 e. The summed E-state index contributed by atoms with van der Waals surface area (Å²) in [5.74, 6) is 0.337. The fourth-order valence-corrected chi connectivity index (χ4v) is 4.42. The quantitative estimate of drug-likeness (QED) is 0.551. The van der Waals surface area contributed by atoms with Gasteiger partial charge < -0.3 is 20.1 Å². The van der Waals surface area contributed by atoms with Crippen molar-refractivity contribution in [3.8, 4) is 5.69 Å². The zero-order valence-electron chi connectivity index (χ0n) is 18.2. The van der Waals surface area contributed by atoms with Crippen LogP contribution in [-0.4, -0.2) is 52.6 Å². The standard InChI is InChI=1S/C24H28ClN5O2/c1-17(31)27-10-2-11-28-24(32)29-13-8-18(9-14-29)22-16-30(20-5-3-19(25)4-6-20)23-15-26-12-7-21(22)23/h3-7,12,15-16,18H,2,8-11,13-14H2,1H3,(H,27,31)(H,28,32). The minimum absolute atomic E-state index is 0.0286. The molecule has 0 unspecified atom stereocenters. The molecule has 1 aliphatic heterocycles. The number of benzene rings is 1. The van der Waals surface area contributed by atoms with E-state index < -0.39 is 0 Å². The predicted molar refractivity (Wildman–Crippen MR) is 126 cm³/mol. The van der Waals surface area contributed by atoms with Crippen LogP contribution in [-0.2, 0) is 4.79 Å². The SMILES string of the molecule is CC(=O)NCCCNC(=O)N1CCC(c2cn(-c3ccc(Cl)cc3)c3cnccc23)CC1. The maximum atomic E-state index is 12.5. The molecule has 8 heteroatoms. The first-order valence-corrected chi connectivity index (χ1v) is 11.4. The topological polar surface area (TPSA) is 79.3 Å². The number of hydrogen-bond acceptors (Lipinski definition) is 3. The summed E-state index contributed by atoms with van der Waals surface area (Å²) in [5.41, 5.74) is 3.42. The van der Waals surface area contributed by atoms with Crippen LogP contribution in [0.2, 0.25) is 5.02 Å². The minimum Gasteiger partial charge on any atom is -0.356 e. The van der Waals surface area contributed by atoms with E-state index in [0.29, 0.717) is 24.0 Å². The molecule has 0 aliphatic carbocycles. The first kappa shape index (κ1) is 22.1. The molecule has 0 bridgehead atoms. The van der Waals surface area contributed by atoms with Gasteiger partial charge in [-0.15, -0.1) is 0 Å². The van der Waals surface area contributed by atoms with Gasteiger partial charge in [0.15, 0.2) is 0 Å². The lowest BCUT2D eigenvalue weighted by Gasteiger charge is -2.32. The second kappa shape index (κ2) is 10.0. The van der Waals surface area contributed by atoms with Gasteiger partial charge in [-0.05, 0) is 61.1 Å². The monoisotopic (exact) mass is 453 g/mol. The van der Waals surface area contributed by atoms with Crippen molar-refractivity contribution in [1.82, 2.24) is 25.1 Å². The van der Waals surface area contributed by atoms with Crippen molar-refractivity contribution in [1.29, 1.82) is 0 Å². The molecule has 0 atom stereocenters. The van der Waals surface area contributed by atoms with Crippen molar-refractivity contribution < 1.29 is 9.59 Å². The summed E-state index contributed by atoms with van der Waals surface area (Å²) in [6.45, 7) is 4.07. The molecule has 32 heavy (non-hydrogen) atoms. The largest absolute Gasteiger partial charge is 0.356 e. The number of halogens is 1. The maximum Gasteiger partial charge on any atom is 0.317 e. The van der Waals surface area contributed by atoms with E-state index in [4.69, 9.17) is 11.6 Å². The number of nitrogens with zero attached hydrogens (tertiary/aromatic N) is 3. The number of rotatable bonds is 6. The zero-order chi connectivity index (χ0) is 22.5. The summed E-state index contributed by atoms with van der Waals surface area (Å²) < 4.78 is 2.17. The minimum atomic E-state index is -0.0494.